The van der Waals surface area contributed by atoms with E-state index in [1.54, 1.807) is 0 Å². The molecule has 0 unspecified atom stereocenters. The first-order chi connectivity index (χ1) is 7.95. The number of methoxy groups -OCH3 is 1. The second-order valence-corrected chi connectivity index (χ2v) is 3.68. The highest BCUT2D eigenvalue weighted by Crippen LogP contribution is 2.20. The molecule has 17 heavy (non-hydrogen) atoms. The number of hydrogen-bond acceptors (Lipinski definition) is 3. The molecule has 0 atom stereocenters. The van der Waals surface area contributed by atoms with Gasteiger partial charge in [-0.25, -0.2) is 9.18 Å². The molecule has 0 heterocycles. The van der Waals surface area contributed by atoms with Gasteiger partial charge >= 0.3 is 5.97 Å². The summed E-state index contributed by atoms with van der Waals surface area (Å²) in [6.45, 7) is 1.24. The number of ketones is 1. The molecule has 0 radical (unpaired) electrons. The number of Topliss-reactive ketones (excluding diaryl/α,β-unsaturated/α-hetero) is 1. The number of esters is 1. The van der Waals surface area contributed by atoms with Crippen molar-refractivity contribution in [3.05, 3.63) is 40.2 Å². The van der Waals surface area contributed by atoms with Gasteiger partial charge in [0.05, 0.1) is 12.1 Å². The van der Waals surface area contributed by atoms with Gasteiger partial charge in [-0.05, 0) is 30.7 Å². The Labute approximate surface area is 103 Å². The third-order valence-electron chi connectivity index (χ3n) is 2.05. The van der Waals surface area contributed by atoms with Gasteiger partial charge in [0.25, 0.3) is 0 Å². The average Bonchev–Trinajstić information content (AvgIpc) is 2.26. The third kappa shape index (κ3) is 3.39. The lowest BCUT2D eigenvalue weighted by Gasteiger charge is -2.03. The van der Waals surface area contributed by atoms with E-state index < -0.39 is 17.6 Å². The largest absolute Gasteiger partial charge is 0.465 e. The van der Waals surface area contributed by atoms with Crippen molar-refractivity contribution in [2.75, 3.05) is 7.11 Å². The van der Waals surface area contributed by atoms with Gasteiger partial charge in [0.1, 0.15) is 11.4 Å². The highest BCUT2D eigenvalue weighted by molar-refractivity contribution is 6.32. The van der Waals surface area contributed by atoms with Gasteiger partial charge in [0.15, 0.2) is 5.78 Å². The number of hydrogen-bond donors (Lipinski definition) is 0. The maximum Gasteiger partial charge on any atom is 0.341 e. The Balaban J connectivity index is 3.22. The summed E-state index contributed by atoms with van der Waals surface area (Å²) in [5.41, 5.74) is 0.240. The van der Waals surface area contributed by atoms with Gasteiger partial charge in [0.2, 0.25) is 0 Å². The van der Waals surface area contributed by atoms with E-state index in [0.717, 1.165) is 6.07 Å². The molecular weight excluding hydrogens is 247 g/mol. The smallest absolute Gasteiger partial charge is 0.341 e. The summed E-state index contributed by atoms with van der Waals surface area (Å²) in [6.07, 6.45) is 1.27. The first-order valence-corrected chi connectivity index (χ1v) is 5.09. The topological polar surface area (TPSA) is 43.4 Å². The molecule has 3 nitrogen and oxygen atoms in total. The molecule has 0 aliphatic rings. The molecule has 0 fully saturated rings. The molecule has 90 valence electrons. The maximum absolute atomic E-state index is 12.8. The first-order valence-electron chi connectivity index (χ1n) is 4.71. The fourth-order valence-electron chi connectivity index (χ4n) is 1.19. The molecule has 0 N–H and O–H groups in total. The minimum Gasteiger partial charge on any atom is -0.465 e. The summed E-state index contributed by atoms with van der Waals surface area (Å²) in [6, 6.07) is 3.67. The summed E-state index contributed by atoms with van der Waals surface area (Å²) >= 11 is 5.78. The van der Waals surface area contributed by atoms with E-state index in [1.165, 1.54) is 32.2 Å². The minimum atomic E-state index is -0.752. The lowest BCUT2D eigenvalue weighted by atomic mass is 10.1. The van der Waals surface area contributed by atoms with Crippen LogP contribution >= 0.6 is 11.6 Å². The van der Waals surface area contributed by atoms with Crippen molar-refractivity contribution in [1.29, 1.82) is 0 Å². The van der Waals surface area contributed by atoms with Crippen LogP contribution in [0.3, 0.4) is 0 Å². The van der Waals surface area contributed by atoms with E-state index in [1.807, 2.05) is 0 Å². The van der Waals surface area contributed by atoms with Crippen molar-refractivity contribution < 1.29 is 18.7 Å². The van der Waals surface area contributed by atoms with Crippen LogP contribution in [0.25, 0.3) is 6.08 Å². The Hall–Kier alpha value is -1.68. The number of benzene rings is 1. The third-order valence-corrected chi connectivity index (χ3v) is 2.37. The van der Waals surface area contributed by atoms with Gasteiger partial charge in [-0.1, -0.05) is 17.7 Å². The molecule has 1 aromatic rings. The van der Waals surface area contributed by atoms with E-state index in [2.05, 4.69) is 4.74 Å². The van der Waals surface area contributed by atoms with Crippen LogP contribution < -0.4 is 0 Å². The van der Waals surface area contributed by atoms with Crippen LogP contribution in [0.5, 0.6) is 0 Å². The molecule has 1 aromatic carbocycles. The molecule has 0 aliphatic heterocycles. The molecule has 0 bridgehead atoms. The Morgan fingerprint density at radius 3 is 2.53 bits per heavy atom. The summed E-state index contributed by atoms with van der Waals surface area (Å²) in [5, 5.41) is 0.118. The molecule has 0 aromatic heterocycles. The quantitative estimate of drug-likeness (QED) is 0.361. The molecule has 0 amide bonds. The second kappa shape index (κ2) is 5.59. The van der Waals surface area contributed by atoms with Gasteiger partial charge in [-0.15, -0.1) is 0 Å². The van der Waals surface area contributed by atoms with Crippen LogP contribution in [0.1, 0.15) is 12.5 Å². The normalized spacial score (nSPS) is 11.2. The molecule has 0 aliphatic carbocycles. The van der Waals surface area contributed by atoms with Crippen molar-refractivity contribution in [2.24, 2.45) is 0 Å². The monoisotopic (exact) mass is 256 g/mol. The predicted molar refractivity (Wildman–Crippen MR) is 62.1 cm³/mol. The van der Waals surface area contributed by atoms with Crippen LogP contribution in [-0.4, -0.2) is 18.9 Å². The number of halogens is 2. The SMILES string of the molecule is COC(=O)/C(=C/c1ccc(F)cc1Cl)C(C)=O. The number of ether oxygens (including phenoxy) is 1. The van der Waals surface area contributed by atoms with Gasteiger partial charge < -0.3 is 4.74 Å². The van der Waals surface area contributed by atoms with Crippen LogP contribution in [0.4, 0.5) is 4.39 Å². The van der Waals surface area contributed by atoms with Crippen LogP contribution in [0, 0.1) is 5.82 Å². The second-order valence-electron chi connectivity index (χ2n) is 3.27. The van der Waals surface area contributed by atoms with E-state index in [4.69, 9.17) is 11.6 Å². The number of carbonyl (C=O) groups excluding carboxylic acids is 2. The lowest BCUT2D eigenvalue weighted by Crippen LogP contribution is -2.11. The fourth-order valence-corrected chi connectivity index (χ4v) is 1.41. The summed E-state index contributed by atoms with van der Waals surface area (Å²) in [7, 11) is 1.17. The lowest BCUT2D eigenvalue weighted by molar-refractivity contribution is -0.137. The summed E-state index contributed by atoms with van der Waals surface area (Å²) in [5.74, 6) is -1.69. The highest BCUT2D eigenvalue weighted by atomic mass is 35.5. The van der Waals surface area contributed by atoms with Crippen LogP contribution in [-0.2, 0) is 14.3 Å². The highest BCUT2D eigenvalue weighted by Gasteiger charge is 2.15. The molecule has 0 saturated carbocycles. The minimum absolute atomic E-state index is 0.118. The van der Waals surface area contributed by atoms with E-state index >= 15 is 0 Å². The molecular formula is C12H10ClFO3. The molecule has 0 spiro atoms. The van der Waals surface area contributed by atoms with Crippen LogP contribution in [0.2, 0.25) is 5.02 Å². The average molecular weight is 257 g/mol. The molecule has 5 heteroatoms. The van der Waals surface area contributed by atoms with Crippen molar-refractivity contribution in [3.63, 3.8) is 0 Å². The Kier molecular flexibility index (Phi) is 4.40. The fraction of sp³-hybridized carbons (Fsp3) is 0.167. The van der Waals surface area contributed by atoms with Gasteiger partial charge in [-0.2, -0.15) is 0 Å². The van der Waals surface area contributed by atoms with Gasteiger partial charge in [0, 0.05) is 0 Å². The van der Waals surface area contributed by atoms with Crippen LogP contribution in [0.15, 0.2) is 23.8 Å². The number of rotatable bonds is 3. The summed E-state index contributed by atoms with van der Waals surface area (Å²) < 4.78 is 17.3. The van der Waals surface area contributed by atoms with Gasteiger partial charge in [-0.3, -0.25) is 4.79 Å². The van der Waals surface area contributed by atoms with E-state index in [9.17, 15) is 14.0 Å². The predicted octanol–water partition coefficient (Wildman–Crippen LogP) is 2.62. The molecule has 1 rings (SSSR count). The van der Waals surface area contributed by atoms with E-state index in [-0.39, 0.29) is 10.6 Å². The van der Waals surface area contributed by atoms with Crippen molar-refractivity contribution >= 4 is 29.4 Å². The van der Waals surface area contributed by atoms with Crippen molar-refractivity contribution in [1.82, 2.24) is 0 Å². The summed E-state index contributed by atoms with van der Waals surface area (Å²) in [4.78, 5) is 22.5. The maximum atomic E-state index is 12.8. The first kappa shape index (κ1) is 13.4. The standard InChI is InChI=1S/C12H10ClFO3/c1-7(15)10(12(16)17-2)5-8-3-4-9(14)6-11(8)13/h3-6H,1-2H3/b10-5+. The number of carbonyl (C=O) groups is 2. The van der Waals surface area contributed by atoms with Crippen molar-refractivity contribution in [3.8, 4) is 0 Å². The van der Waals surface area contributed by atoms with E-state index in [0.29, 0.717) is 5.56 Å². The Morgan fingerprint density at radius 1 is 1.41 bits per heavy atom. The van der Waals surface area contributed by atoms with Crippen molar-refractivity contribution in [2.45, 2.75) is 6.92 Å². The Morgan fingerprint density at radius 2 is 2.06 bits per heavy atom. The zero-order valence-electron chi connectivity index (χ0n) is 9.29. The molecule has 0 saturated heterocycles. The zero-order chi connectivity index (χ0) is 13.0. The zero-order valence-corrected chi connectivity index (χ0v) is 10.0. The Bertz CT molecular complexity index is 495.